The Bertz CT molecular complexity index is 701. The zero-order valence-corrected chi connectivity index (χ0v) is 13.8. The van der Waals surface area contributed by atoms with E-state index in [1.165, 1.54) is 11.3 Å². The molecule has 124 valence electrons. The number of thiophene rings is 1. The second kappa shape index (κ2) is 7.10. The molecule has 1 fully saturated rings. The third-order valence-electron chi connectivity index (χ3n) is 3.86. The predicted octanol–water partition coefficient (Wildman–Crippen LogP) is 1.45. The highest BCUT2D eigenvalue weighted by Crippen LogP contribution is 2.21. The molecule has 0 aliphatic carbocycles. The van der Waals surface area contributed by atoms with Crippen LogP contribution in [-0.2, 0) is 16.1 Å². The topological polar surface area (TPSA) is 77.6 Å². The Labute approximate surface area is 137 Å². The van der Waals surface area contributed by atoms with Crippen molar-refractivity contribution in [2.24, 2.45) is 5.92 Å². The number of aromatic nitrogens is 2. The number of amides is 1. The van der Waals surface area contributed by atoms with E-state index in [-0.39, 0.29) is 18.3 Å². The Hall–Kier alpha value is -1.93. The number of rotatable bonds is 6. The lowest BCUT2D eigenvalue weighted by atomic mass is 10.1. The molecule has 1 atom stereocenters. The maximum absolute atomic E-state index is 12.4. The van der Waals surface area contributed by atoms with Gasteiger partial charge < -0.3 is 14.1 Å². The Morgan fingerprint density at radius 2 is 2.43 bits per heavy atom. The summed E-state index contributed by atoms with van der Waals surface area (Å²) in [7, 11) is 0. The second-order valence-corrected chi connectivity index (χ2v) is 6.42. The van der Waals surface area contributed by atoms with Crippen LogP contribution in [0.25, 0.3) is 10.8 Å². The molecule has 1 unspecified atom stereocenters. The summed E-state index contributed by atoms with van der Waals surface area (Å²) in [6, 6.07) is 3.67. The number of carbonyl (C=O) groups excluding carboxylic acids is 1. The molecule has 3 heterocycles. The van der Waals surface area contributed by atoms with Crippen molar-refractivity contribution in [2.75, 3.05) is 26.3 Å². The van der Waals surface area contributed by atoms with Gasteiger partial charge in [0.05, 0.1) is 11.5 Å². The maximum Gasteiger partial charge on any atom is 0.437 e. The van der Waals surface area contributed by atoms with Crippen molar-refractivity contribution < 1.29 is 13.9 Å². The minimum Gasteiger partial charge on any atom is -0.387 e. The smallest absolute Gasteiger partial charge is 0.387 e. The van der Waals surface area contributed by atoms with E-state index in [0.29, 0.717) is 25.6 Å². The first kappa shape index (κ1) is 15.9. The van der Waals surface area contributed by atoms with Crippen molar-refractivity contribution in [3.63, 3.8) is 0 Å². The molecule has 8 heteroatoms. The van der Waals surface area contributed by atoms with Crippen molar-refractivity contribution in [2.45, 2.75) is 19.9 Å². The molecule has 0 N–H and O–H groups in total. The third kappa shape index (κ3) is 3.70. The van der Waals surface area contributed by atoms with Crippen molar-refractivity contribution in [3.8, 4) is 10.8 Å². The lowest BCUT2D eigenvalue weighted by Crippen LogP contribution is -2.39. The molecule has 2 aromatic rings. The standard InChI is InChI=1S/C15H19N3O4S/c1-2-17(8-11-5-6-21-10-11)13(19)9-18-15(20)22-14(16-18)12-4-3-7-23-12/h3-4,7,11H,2,5-6,8-10H2,1H3. The molecule has 3 rings (SSSR count). The van der Waals surface area contributed by atoms with Gasteiger partial charge in [-0.05, 0) is 24.8 Å². The molecule has 23 heavy (non-hydrogen) atoms. The monoisotopic (exact) mass is 337 g/mol. The first-order valence-corrected chi connectivity index (χ1v) is 8.52. The highest BCUT2D eigenvalue weighted by molar-refractivity contribution is 7.13. The highest BCUT2D eigenvalue weighted by atomic mass is 32.1. The number of likely N-dealkylation sites (N-methyl/N-ethyl adjacent to an activating group) is 1. The molecule has 1 aliphatic heterocycles. The summed E-state index contributed by atoms with van der Waals surface area (Å²) >= 11 is 1.43. The number of ether oxygens (including phenoxy) is 1. The zero-order valence-electron chi connectivity index (χ0n) is 12.9. The molecule has 1 aliphatic rings. The van der Waals surface area contributed by atoms with Gasteiger partial charge in [0.25, 0.3) is 5.89 Å². The fourth-order valence-corrected chi connectivity index (χ4v) is 3.22. The van der Waals surface area contributed by atoms with Gasteiger partial charge in [-0.15, -0.1) is 16.4 Å². The molecular weight excluding hydrogens is 318 g/mol. The van der Waals surface area contributed by atoms with Crippen molar-refractivity contribution in [3.05, 3.63) is 28.1 Å². The average molecular weight is 337 g/mol. The second-order valence-electron chi connectivity index (χ2n) is 5.47. The molecule has 2 aromatic heterocycles. The Balaban J connectivity index is 1.67. The third-order valence-corrected chi connectivity index (χ3v) is 4.72. The lowest BCUT2D eigenvalue weighted by Gasteiger charge is -2.23. The fraction of sp³-hybridized carbons (Fsp3) is 0.533. The van der Waals surface area contributed by atoms with E-state index in [9.17, 15) is 9.59 Å². The lowest BCUT2D eigenvalue weighted by molar-refractivity contribution is -0.132. The van der Waals surface area contributed by atoms with Gasteiger partial charge in [0, 0.05) is 25.6 Å². The van der Waals surface area contributed by atoms with Crippen LogP contribution < -0.4 is 5.76 Å². The van der Waals surface area contributed by atoms with E-state index in [4.69, 9.17) is 9.15 Å². The molecule has 0 bridgehead atoms. The van der Waals surface area contributed by atoms with Gasteiger partial charge in [-0.2, -0.15) is 4.68 Å². The number of nitrogens with zero attached hydrogens (tertiary/aromatic N) is 3. The molecule has 1 saturated heterocycles. The minimum absolute atomic E-state index is 0.102. The minimum atomic E-state index is -0.609. The van der Waals surface area contributed by atoms with Crippen LogP contribution in [0, 0.1) is 5.92 Å². The zero-order chi connectivity index (χ0) is 16.2. The molecular formula is C15H19N3O4S. The maximum atomic E-state index is 12.4. The number of hydrogen-bond donors (Lipinski definition) is 0. The summed E-state index contributed by atoms with van der Waals surface area (Å²) in [5.74, 6) is -0.116. The van der Waals surface area contributed by atoms with E-state index in [2.05, 4.69) is 5.10 Å². The molecule has 7 nitrogen and oxygen atoms in total. The van der Waals surface area contributed by atoms with Crippen LogP contribution in [0.15, 0.2) is 26.7 Å². The van der Waals surface area contributed by atoms with Crippen LogP contribution >= 0.6 is 11.3 Å². The number of hydrogen-bond acceptors (Lipinski definition) is 6. The summed E-state index contributed by atoms with van der Waals surface area (Å²) in [5, 5.41) is 5.99. The first-order valence-electron chi connectivity index (χ1n) is 7.64. The van der Waals surface area contributed by atoms with Crippen LogP contribution in [0.1, 0.15) is 13.3 Å². The summed E-state index contributed by atoms with van der Waals surface area (Å²) in [5.41, 5.74) is 0. The van der Waals surface area contributed by atoms with E-state index in [1.54, 1.807) is 4.90 Å². The van der Waals surface area contributed by atoms with Crippen molar-refractivity contribution in [1.82, 2.24) is 14.7 Å². The summed E-state index contributed by atoms with van der Waals surface area (Å²) in [6.45, 7) is 4.52. The Morgan fingerprint density at radius 1 is 1.57 bits per heavy atom. The van der Waals surface area contributed by atoms with Crippen molar-refractivity contribution in [1.29, 1.82) is 0 Å². The van der Waals surface area contributed by atoms with Gasteiger partial charge in [-0.1, -0.05) is 6.07 Å². The van der Waals surface area contributed by atoms with Crippen LogP contribution in [-0.4, -0.2) is 46.9 Å². The van der Waals surface area contributed by atoms with Crippen LogP contribution in [0.3, 0.4) is 0 Å². The predicted molar refractivity (Wildman–Crippen MR) is 85.3 cm³/mol. The summed E-state index contributed by atoms with van der Waals surface area (Å²) in [6.07, 6.45) is 0.968. The molecule has 0 spiro atoms. The van der Waals surface area contributed by atoms with Crippen molar-refractivity contribution >= 4 is 17.2 Å². The van der Waals surface area contributed by atoms with Crippen LogP contribution in [0.4, 0.5) is 0 Å². The molecule has 0 saturated carbocycles. The number of carbonyl (C=O) groups is 1. The molecule has 1 amide bonds. The Morgan fingerprint density at radius 3 is 3.09 bits per heavy atom. The Kier molecular flexibility index (Phi) is 4.92. The highest BCUT2D eigenvalue weighted by Gasteiger charge is 2.23. The largest absolute Gasteiger partial charge is 0.437 e. The SMILES string of the molecule is CCN(CC1CCOC1)C(=O)Cn1nc(-c2cccs2)oc1=O. The molecule has 0 radical (unpaired) electrons. The molecule has 0 aromatic carbocycles. The van der Waals surface area contributed by atoms with E-state index in [0.717, 1.165) is 22.6 Å². The van der Waals surface area contributed by atoms with Gasteiger partial charge in [-0.3, -0.25) is 4.79 Å². The van der Waals surface area contributed by atoms with Gasteiger partial charge in [0.2, 0.25) is 5.91 Å². The summed E-state index contributed by atoms with van der Waals surface area (Å²) in [4.78, 5) is 26.8. The van der Waals surface area contributed by atoms with Gasteiger partial charge in [0.1, 0.15) is 6.54 Å². The van der Waals surface area contributed by atoms with Crippen LogP contribution in [0.5, 0.6) is 0 Å². The normalized spacial score (nSPS) is 17.5. The first-order chi connectivity index (χ1) is 11.2. The van der Waals surface area contributed by atoms with E-state index < -0.39 is 5.76 Å². The van der Waals surface area contributed by atoms with Gasteiger partial charge in [0.15, 0.2) is 0 Å². The quantitative estimate of drug-likeness (QED) is 0.797. The van der Waals surface area contributed by atoms with Gasteiger partial charge in [-0.25, -0.2) is 4.79 Å². The fourth-order valence-electron chi connectivity index (χ4n) is 2.58. The van der Waals surface area contributed by atoms with E-state index >= 15 is 0 Å². The van der Waals surface area contributed by atoms with Crippen LogP contribution in [0.2, 0.25) is 0 Å². The van der Waals surface area contributed by atoms with E-state index in [1.807, 2.05) is 24.4 Å². The van der Waals surface area contributed by atoms with Gasteiger partial charge >= 0.3 is 5.76 Å². The average Bonchev–Trinajstić information content (AvgIpc) is 3.27. The summed E-state index contributed by atoms with van der Waals surface area (Å²) < 4.78 is 11.6.